The van der Waals surface area contributed by atoms with Gasteiger partial charge in [0.25, 0.3) is 17.6 Å². The van der Waals surface area contributed by atoms with Crippen LogP contribution in [0.4, 0.5) is 13.2 Å². The summed E-state index contributed by atoms with van der Waals surface area (Å²) < 4.78 is 86.0. The molecule has 158 valence electrons. The Morgan fingerprint density at radius 1 is 1.24 bits per heavy atom. The first-order valence-corrected chi connectivity index (χ1v) is 9.46. The standard InChI is InChI=1S/C15H14F3N3O7S/c1-6-4-21(5-7(2)26-6)15(22)13-19-14(27-20-13)8-3-9(16)11(18)12(10(8)17)28-29(23,24)25/h3,6-7H,4-5H2,1-2H3,(H,23,24,25)/t6-,7+. The highest BCUT2D eigenvalue weighted by atomic mass is 32.3. The van der Waals surface area contributed by atoms with E-state index in [2.05, 4.69) is 14.3 Å². The van der Waals surface area contributed by atoms with Crippen molar-refractivity contribution in [1.82, 2.24) is 15.0 Å². The first kappa shape index (κ1) is 21.0. The molecule has 10 nitrogen and oxygen atoms in total. The van der Waals surface area contributed by atoms with E-state index in [1.807, 2.05) is 0 Å². The molecule has 1 aliphatic heterocycles. The third-order valence-electron chi connectivity index (χ3n) is 3.86. The number of hydrogen-bond acceptors (Lipinski definition) is 8. The van der Waals surface area contributed by atoms with Crippen LogP contribution < -0.4 is 4.18 Å². The largest absolute Gasteiger partial charge is 0.446 e. The van der Waals surface area contributed by atoms with Crippen LogP contribution in [-0.2, 0) is 15.1 Å². The Bertz CT molecular complexity index is 1050. The fraction of sp³-hybridized carbons (Fsp3) is 0.400. The summed E-state index contributed by atoms with van der Waals surface area (Å²) >= 11 is 0. The number of aromatic nitrogens is 2. The van der Waals surface area contributed by atoms with Gasteiger partial charge >= 0.3 is 10.4 Å². The molecule has 0 saturated carbocycles. The number of rotatable bonds is 4. The fourth-order valence-electron chi connectivity index (χ4n) is 2.82. The molecular weight excluding hydrogens is 423 g/mol. The van der Waals surface area contributed by atoms with Gasteiger partial charge in [0, 0.05) is 13.1 Å². The normalized spacial score (nSPS) is 20.0. The van der Waals surface area contributed by atoms with Crippen LogP contribution in [0.3, 0.4) is 0 Å². The molecule has 1 aliphatic rings. The van der Waals surface area contributed by atoms with Crippen LogP contribution in [0.5, 0.6) is 5.75 Å². The minimum Gasteiger partial charge on any atom is -0.372 e. The summed E-state index contributed by atoms with van der Waals surface area (Å²) in [5.74, 6) is -9.08. The van der Waals surface area contributed by atoms with Crippen molar-refractivity contribution < 1.29 is 44.4 Å². The minimum absolute atomic E-state index is 0.235. The lowest BCUT2D eigenvalue weighted by Crippen LogP contribution is -2.48. The number of halogens is 3. The van der Waals surface area contributed by atoms with Gasteiger partial charge in [-0.1, -0.05) is 5.16 Å². The number of carbonyl (C=O) groups excluding carboxylic acids is 1. The third kappa shape index (κ3) is 4.49. The molecule has 0 unspecified atom stereocenters. The second-order valence-electron chi connectivity index (χ2n) is 6.26. The summed E-state index contributed by atoms with van der Waals surface area (Å²) in [6.45, 7) is 3.98. The van der Waals surface area contributed by atoms with Crippen LogP contribution in [0.15, 0.2) is 10.6 Å². The summed E-state index contributed by atoms with van der Waals surface area (Å²) in [4.78, 5) is 17.6. The van der Waals surface area contributed by atoms with Crippen molar-refractivity contribution in [3.8, 4) is 17.2 Å². The lowest BCUT2D eigenvalue weighted by molar-refractivity contribution is -0.0589. The van der Waals surface area contributed by atoms with Crippen molar-refractivity contribution in [2.24, 2.45) is 0 Å². The molecule has 1 fully saturated rings. The van der Waals surface area contributed by atoms with Gasteiger partial charge in [-0.15, -0.1) is 0 Å². The molecule has 0 bridgehead atoms. The van der Waals surface area contributed by atoms with Crippen LogP contribution in [0, 0.1) is 17.5 Å². The smallest absolute Gasteiger partial charge is 0.372 e. The minimum atomic E-state index is -5.36. The summed E-state index contributed by atoms with van der Waals surface area (Å²) in [6, 6.07) is 0.308. The first-order valence-electron chi connectivity index (χ1n) is 8.09. The highest BCUT2D eigenvalue weighted by Gasteiger charge is 2.31. The Morgan fingerprint density at radius 2 is 1.86 bits per heavy atom. The average Bonchev–Trinajstić information content (AvgIpc) is 3.09. The van der Waals surface area contributed by atoms with Gasteiger partial charge in [0.15, 0.2) is 11.6 Å². The maximum absolute atomic E-state index is 14.5. The number of hydrogen-bond donors (Lipinski definition) is 1. The molecule has 0 aliphatic carbocycles. The van der Waals surface area contributed by atoms with E-state index in [1.54, 1.807) is 13.8 Å². The average molecular weight is 437 g/mol. The molecule has 3 rings (SSSR count). The molecule has 2 aromatic rings. The van der Waals surface area contributed by atoms with Crippen molar-refractivity contribution in [3.63, 3.8) is 0 Å². The second-order valence-corrected chi connectivity index (χ2v) is 7.29. The summed E-state index contributed by atoms with van der Waals surface area (Å²) in [6.07, 6.45) is -0.504. The van der Waals surface area contributed by atoms with E-state index in [0.29, 0.717) is 6.07 Å². The van der Waals surface area contributed by atoms with Gasteiger partial charge in [-0.05, 0) is 19.9 Å². The molecule has 14 heteroatoms. The maximum Gasteiger partial charge on any atom is 0.446 e. The van der Waals surface area contributed by atoms with Crippen molar-refractivity contribution in [2.75, 3.05) is 13.1 Å². The molecule has 29 heavy (non-hydrogen) atoms. The Kier molecular flexibility index (Phi) is 5.51. The monoisotopic (exact) mass is 437 g/mol. The number of ether oxygens (including phenoxy) is 1. The van der Waals surface area contributed by atoms with E-state index in [4.69, 9.17) is 13.8 Å². The quantitative estimate of drug-likeness (QED) is 0.559. The predicted octanol–water partition coefficient (Wildman–Crippen LogP) is 1.58. The summed E-state index contributed by atoms with van der Waals surface area (Å²) in [5, 5.41) is 3.41. The van der Waals surface area contributed by atoms with Gasteiger partial charge in [-0.25, -0.2) is 8.78 Å². The molecule has 0 spiro atoms. The molecular formula is C15H14F3N3O7S. The number of carbonyl (C=O) groups is 1. The highest BCUT2D eigenvalue weighted by Crippen LogP contribution is 2.33. The first-order chi connectivity index (χ1) is 13.5. The predicted molar refractivity (Wildman–Crippen MR) is 87.7 cm³/mol. The zero-order valence-electron chi connectivity index (χ0n) is 14.9. The molecule has 1 amide bonds. The van der Waals surface area contributed by atoms with E-state index in [-0.39, 0.29) is 25.3 Å². The topological polar surface area (TPSA) is 132 Å². The van der Waals surface area contributed by atoms with Crippen molar-refractivity contribution >= 4 is 16.3 Å². The van der Waals surface area contributed by atoms with Crippen molar-refractivity contribution in [1.29, 1.82) is 0 Å². The van der Waals surface area contributed by atoms with Gasteiger partial charge in [-0.3, -0.25) is 9.35 Å². The van der Waals surface area contributed by atoms with Crippen LogP contribution in [0.25, 0.3) is 11.5 Å². The number of benzene rings is 1. The van der Waals surface area contributed by atoms with Gasteiger partial charge in [0.1, 0.15) is 0 Å². The molecule has 2 heterocycles. The number of amides is 1. The number of morpholine rings is 1. The second kappa shape index (κ2) is 7.61. The molecule has 1 aromatic heterocycles. The molecule has 1 aromatic carbocycles. The third-order valence-corrected chi connectivity index (χ3v) is 4.24. The van der Waals surface area contributed by atoms with Crippen molar-refractivity contribution in [3.05, 3.63) is 29.3 Å². The number of nitrogens with zero attached hydrogens (tertiary/aromatic N) is 3. The zero-order chi connectivity index (χ0) is 21.5. The van der Waals surface area contributed by atoms with Gasteiger partial charge in [0.05, 0.1) is 17.8 Å². The maximum atomic E-state index is 14.5. The zero-order valence-corrected chi connectivity index (χ0v) is 15.7. The lowest BCUT2D eigenvalue weighted by Gasteiger charge is -2.34. The summed E-state index contributed by atoms with van der Waals surface area (Å²) in [7, 11) is -5.36. The molecule has 1 saturated heterocycles. The fourth-order valence-corrected chi connectivity index (χ4v) is 3.18. The highest BCUT2D eigenvalue weighted by molar-refractivity contribution is 7.81. The Hall–Kier alpha value is -2.71. The van der Waals surface area contributed by atoms with Gasteiger partial charge in [0.2, 0.25) is 11.6 Å². The Balaban J connectivity index is 1.95. The van der Waals surface area contributed by atoms with E-state index < -0.39 is 56.8 Å². The lowest BCUT2D eigenvalue weighted by atomic mass is 10.2. The van der Waals surface area contributed by atoms with Crippen molar-refractivity contribution in [2.45, 2.75) is 26.1 Å². The molecule has 0 radical (unpaired) electrons. The molecule has 1 N–H and O–H groups in total. The van der Waals surface area contributed by atoms with Crippen LogP contribution in [-0.4, -0.2) is 59.2 Å². The van der Waals surface area contributed by atoms with Crippen LogP contribution in [0.1, 0.15) is 24.5 Å². The van der Waals surface area contributed by atoms with E-state index in [0.717, 1.165) is 0 Å². The van der Waals surface area contributed by atoms with Crippen LogP contribution in [0.2, 0.25) is 0 Å². The van der Waals surface area contributed by atoms with Gasteiger partial charge < -0.3 is 18.3 Å². The Labute approximate surface area is 162 Å². The SMILES string of the molecule is C[C@@H]1CN(C(=O)c2noc(-c3cc(F)c(F)c(OS(=O)(=O)O)c3F)n2)C[C@H](C)O1. The van der Waals surface area contributed by atoms with Gasteiger partial charge in [-0.2, -0.15) is 17.8 Å². The van der Waals surface area contributed by atoms with Crippen LogP contribution >= 0.6 is 0 Å². The van der Waals surface area contributed by atoms with E-state index >= 15 is 0 Å². The van der Waals surface area contributed by atoms with E-state index in [1.165, 1.54) is 4.90 Å². The Morgan fingerprint density at radius 3 is 2.45 bits per heavy atom. The molecule has 2 atom stereocenters. The summed E-state index contributed by atoms with van der Waals surface area (Å²) in [5.41, 5.74) is -0.877. The van der Waals surface area contributed by atoms with E-state index in [9.17, 15) is 26.4 Å².